The number of thioether (sulfide) groups is 1. The van der Waals surface area contributed by atoms with E-state index in [1.54, 1.807) is 27.0 Å². The molecule has 0 radical (unpaired) electrons. The van der Waals surface area contributed by atoms with Gasteiger partial charge in [-0.3, -0.25) is 4.79 Å². The van der Waals surface area contributed by atoms with Crippen LogP contribution in [-0.4, -0.2) is 44.1 Å². The number of halogens is 1. The average Bonchev–Trinajstić information content (AvgIpc) is 3.05. The van der Waals surface area contributed by atoms with Gasteiger partial charge in [-0.25, -0.2) is 12.8 Å². The number of Topliss-reactive ketones (excluding diaryl/α,β-unsaturated/α-hetero) is 1. The predicted molar refractivity (Wildman–Crippen MR) is 110 cm³/mol. The molecule has 0 N–H and O–H groups in total. The summed E-state index contributed by atoms with van der Waals surface area (Å²) in [4.78, 5) is 12.9. The van der Waals surface area contributed by atoms with Gasteiger partial charge in [-0.05, 0) is 32.0 Å². The zero-order valence-electron chi connectivity index (χ0n) is 17.4. The van der Waals surface area contributed by atoms with Crippen LogP contribution >= 0.6 is 11.8 Å². The van der Waals surface area contributed by atoms with Gasteiger partial charge in [0.25, 0.3) is 0 Å². The fourth-order valence-electron chi connectivity index (χ4n) is 2.65. The number of benzene rings is 1. The van der Waals surface area contributed by atoms with Crippen LogP contribution in [-0.2, 0) is 31.2 Å². The van der Waals surface area contributed by atoms with Gasteiger partial charge in [0, 0.05) is 29.7 Å². The van der Waals surface area contributed by atoms with E-state index in [1.807, 2.05) is 13.8 Å². The number of methoxy groups -OCH3 is 1. The van der Waals surface area contributed by atoms with Gasteiger partial charge in [0.1, 0.15) is 11.6 Å². The molecule has 1 aromatic carbocycles. The zero-order valence-corrected chi connectivity index (χ0v) is 19.0. The lowest BCUT2D eigenvalue weighted by Crippen LogP contribution is -2.29. The number of aromatic nitrogens is 1. The summed E-state index contributed by atoms with van der Waals surface area (Å²) in [7, 11) is -1.90. The SMILES string of the molecule is COCC(C)(C)c1cc(CC(=O)C(C)(C)Sc2ccc(S(C)(=O)=O)cc2F)on1. The van der Waals surface area contributed by atoms with Crippen LogP contribution in [0.4, 0.5) is 4.39 Å². The number of hydrogen-bond acceptors (Lipinski definition) is 7. The number of carbonyl (C=O) groups is 1. The zero-order chi connectivity index (χ0) is 22.0. The molecule has 0 fully saturated rings. The molecule has 1 heterocycles. The lowest BCUT2D eigenvalue weighted by molar-refractivity contribution is -0.120. The number of sulfone groups is 1. The van der Waals surface area contributed by atoms with Gasteiger partial charge in [0.2, 0.25) is 0 Å². The van der Waals surface area contributed by atoms with Crippen molar-refractivity contribution in [2.75, 3.05) is 20.0 Å². The Kier molecular flexibility index (Phi) is 6.97. The highest BCUT2D eigenvalue weighted by atomic mass is 32.2. The molecule has 0 bridgehead atoms. The van der Waals surface area contributed by atoms with Crippen molar-refractivity contribution in [3.63, 3.8) is 0 Å². The lowest BCUT2D eigenvalue weighted by Gasteiger charge is -2.22. The summed E-state index contributed by atoms with van der Waals surface area (Å²) in [6.07, 6.45) is 1.03. The first-order valence-electron chi connectivity index (χ1n) is 8.93. The molecular formula is C20H26FNO5S2. The molecule has 0 saturated carbocycles. The summed E-state index contributed by atoms with van der Waals surface area (Å²) in [5.74, 6) is -0.417. The maximum absolute atomic E-state index is 14.4. The molecule has 0 aliphatic heterocycles. The summed E-state index contributed by atoms with van der Waals surface area (Å²) >= 11 is 1.04. The highest BCUT2D eigenvalue weighted by Gasteiger charge is 2.32. The summed E-state index contributed by atoms with van der Waals surface area (Å²) in [6.45, 7) is 7.76. The molecule has 0 aliphatic rings. The summed E-state index contributed by atoms with van der Waals surface area (Å²) < 4.78 is 47.0. The second-order valence-electron chi connectivity index (χ2n) is 8.07. The van der Waals surface area contributed by atoms with Gasteiger partial charge in [0.15, 0.2) is 15.6 Å². The molecule has 2 rings (SSSR count). The Hall–Kier alpha value is -1.71. The maximum atomic E-state index is 14.4. The quantitative estimate of drug-likeness (QED) is 0.545. The predicted octanol–water partition coefficient (Wildman–Crippen LogP) is 3.82. The van der Waals surface area contributed by atoms with Gasteiger partial charge >= 0.3 is 0 Å². The minimum atomic E-state index is -3.50. The Morgan fingerprint density at radius 2 is 1.90 bits per heavy atom. The Morgan fingerprint density at radius 3 is 2.45 bits per heavy atom. The summed E-state index contributed by atoms with van der Waals surface area (Å²) in [5, 5.41) is 4.04. The van der Waals surface area contributed by atoms with Gasteiger partial charge < -0.3 is 9.26 Å². The largest absolute Gasteiger partial charge is 0.384 e. The molecule has 29 heavy (non-hydrogen) atoms. The van der Waals surface area contributed by atoms with Crippen LogP contribution in [0.3, 0.4) is 0 Å². The normalized spacial score (nSPS) is 12.9. The molecule has 9 heteroatoms. The first-order chi connectivity index (χ1) is 13.3. The van der Waals surface area contributed by atoms with E-state index >= 15 is 0 Å². The first-order valence-corrected chi connectivity index (χ1v) is 11.6. The van der Waals surface area contributed by atoms with Crippen LogP contribution in [0.15, 0.2) is 38.6 Å². The molecule has 0 atom stereocenters. The van der Waals surface area contributed by atoms with Crippen molar-refractivity contribution >= 4 is 27.4 Å². The van der Waals surface area contributed by atoms with E-state index in [1.165, 1.54) is 12.1 Å². The molecule has 2 aromatic rings. The monoisotopic (exact) mass is 443 g/mol. The third-order valence-corrected chi connectivity index (χ3v) is 6.86. The van der Waals surface area contributed by atoms with Crippen molar-refractivity contribution in [1.29, 1.82) is 0 Å². The van der Waals surface area contributed by atoms with Crippen molar-refractivity contribution in [2.45, 2.75) is 54.1 Å². The number of rotatable bonds is 9. The Bertz CT molecular complexity index is 996. The third-order valence-electron chi connectivity index (χ3n) is 4.46. The standard InChI is InChI=1S/C20H26FNO5S2/c1-19(2,12-26-5)17-9-13(27-22-17)10-18(23)20(3,4)28-16-8-7-14(11-15(16)21)29(6,24)25/h7-9,11H,10,12H2,1-6H3. The van der Waals surface area contributed by atoms with Crippen LogP contribution in [0.25, 0.3) is 0 Å². The van der Waals surface area contributed by atoms with Crippen molar-refractivity contribution in [3.05, 3.63) is 41.5 Å². The summed E-state index contributed by atoms with van der Waals surface area (Å²) in [6, 6.07) is 5.42. The van der Waals surface area contributed by atoms with Crippen LogP contribution < -0.4 is 0 Å². The molecule has 6 nitrogen and oxygen atoms in total. The molecule has 0 aliphatic carbocycles. The number of nitrogens with zero attached hydrogens (tertiary/aromatic N) is 1. The van der Waals surface area contributed by atoms with Crippen LogP contribution in [0.2, 0.25) is 0 Å². The van der Waals surface area contributed by atoms with Crippen molar-refractivity contribution in [2.24, 2.45) is 0 Å². The fourth-order valence-corrected chi connectivity index (χ4v) is 4.31. The first kappa shape index (κ1) is 23.6. The number of ketones is 1. The van der Waals surface area contributed by atoms with Gasteiger partial charge in [-0.1, -0.05) is 19.0 Å². The van der Waals surface area contributed by atoms with Crippen LogP contribution in [0.1, 0.15) is 39.1 Å². The fraction of sp³-hybridized carbons (Fsp3) is 0.500. The van der Waals surface area contributed by atoms with Crippen molar-refractivity contribution < 1.29 is 26.9 Å². The van der Waals surface area contributed by atoms with Crippen molar-refractivity contribution in [3.8, 4) is 0 Å². The molecule has 0 amide bonds. The molecule has 1 aromatic heterocycles. The van der Waals surface area contributed by atoms with Crippen LogP contribution in [0, 0.1) is 5.82 Å². The molecule has 0 saturated heterocycles. The average molecular weight is 444 g/mol. The van der Waals surface area contributed by atoms with E-state index in [2.05, 4.69) is 5.16 Å². The maximum Gasteiger partial charge on any atom is 0.175 e. The molecule has 160 valence electrons. The van der Waals surface area contributed by atoms with E-state index in [-0.39, 0.29) is 27.4 Å². The minimum Gasteiger partial charge on any atom is -0.384 e. The summed E-state index contributed by atoms with van der Waals surface area (Å²) in [5.41, 5.74) is 0.337. The van der Waals surface area contributed by atoms with E-state index in [0.717, 1.165) is 24.1 Å². The Morgan fingerprint density at radius 1 is 1.24 bits per heavy atom. The van der Waals surface area contributed by atoms with Gasteiger partial charge in [-0.2, -0.15) is 0 Å². The Balaban J connectivity index is 2.14. The van der Waals surface area contributed by atoms with Crippen LogP contribution in [0.5, 0.6) is 0 Å². The second kappa shape index (κ2) is 8.57. The Labute approximate surface area is 175 Å². The molecular weight excluding hydrogens is 417 g/mol. The minimum absolute atomic E-state index is 0.0130. The van der Waals surface area contributed by atoms with Crippen molar-refractivity contribution in [1.82, 2.24) is 5.16 Å². The van der Waals surface area contributed by atoms with Gasteiger partial charge in [0.05, 0.1) is 28.4 Å². The third kappa shape index (κ3) is 5.90. The van der Waals surface area contributed by atoms with E-state index in [9.17, 15) is 17.6 Å². The van der Waals surface area contributed by atoms with E-state index in [4.69, 9.17) is 9.26 Å². The number of carbonyl (C=O) groups excluding carboxylic acids is 1. The van der Waals surface area contributed by atoms with E-state index in [0.29, 0.717) is 18.1 Å². The highest BCUT2D eigenvalue weighted by molar-refractivity contribution is 8.01. The second-order valence-corrected chi connectivity index (χ2v) is 11.8. The topological polar surface area (TPSA) is 86.5 Å². The smallest absolute Gasteiger partial charge is 0.175 e. The van der Waals surface area contributed by atoms with E-state index < -0.39 is 20.4 Å². The highest BCUT2D eigenvalue weighted by Crippen LogP contribution is 2.36. The molecule has 0 unspecified atom stereocenters. The van der Waals surface area contributed by atoms with Gasteiger partial charge in [-0.15, -0.1) is 11.8 Å². The molecule has 0 spiro atoms. The lowest BCUT2D eigenvalue weighted by atomic mass is 9.90. The number of ether oxygens (including phenoxy) is 1. The number of hydrogen-bond donors (Lipinski definition) is 0.